The van der Waals surface area contributed by atoms with Crippen molar-refractivity contribution in [3.8, 4) is 11.4 Å². The molecule has 6 aromatic carbocycles. The minimum Gasteiger partial charge on any atom is -0.456 e. The van der Waals surface area contributed by atoms with Gasteiger partial charge >= 0.3 is 0 Å². The van der Waals surface area contributed by atoms with Crippen molar-refractivity contribution in [2.24, 2.45) is 0 Å². The van der Waals surface area contributed by atoms with Crippen molar-refractivity contribution in [1.29, 1.82) is 0 Å². The van der Waals surface area contributed by atoms with Gasteiger partial charge in [0.15, 0.2) is 0 Å². The van der Waals surface area contributed by atoms with E-state index < -0.39 is 0 Å². The highest BCUT2D eigenvalue weighted by Crippen LogP contribution is 2.38. The van der Waals surface area contributed by atoms with Crippen LogP contribution in [0.5, 0.6) is 0 Å². The molecule has 182 valence electrons. The van der Waals surface area contributed by atoms with Crippen LogP contribution in [0.4, 0.5) is 0 Å². The Morgan fingerprint density at radius 1 is 0.333 bits per heavy atom. The normalized spacial score (nSPS) is 12.1. The third-order valence-electron chi connectivity index (χ3n) is 8.11. The lowest BCUT2D eigenvalue weighted by atomic mass is 10.1. The van der Waals surface area contributed by atoms with Crippen LogP contribution < -0.4 is 0 Å². The number of aromatic nitrogens is 2. The van der Waals surface area contributed by atoms with E-state index in [-0.39, 0.29) is 0 Å². The summed E-state index contributed by atoms with van der Waals surface area (Å²) < 4.78 is 11.0. The molecule has 3 heterocycles. The molecule has 0 N–H and O–H groups in total. The van der Waals surface area contributed by atoms with Gasteiger partial charge in [-0.25, -0.2) is 0 Å². The van der Waals surface area contributed by atoms with E-state index in [1.54, 1.807) is 0 Å². The van der Waals surface area contributed by atoms with E-state index in [0.717, 1.165) is 33.3 Å². The van der Waals surface area contributed by atoms with Crippen LogP contribution in [-0.2, 0) is 0 Å². The molecular formula is C36H22N2O. The number of nitrogens with zero attached hydrogens (tertiary/aromatic N) is 2. The quantitative estimate of drug-likeness (QED) is 0.233. The first kappa shape index (κ1) is 20.7. The molecular weight excluding hydrogens is 476 g/mol. The van der Waals surface area contributed by atoms with Gasteiger partial charge in [0.2, 0.25) is 0 Å². The molecule has 3 nitrogen and oxygen atoms in total. The van der Waals surface area contributed by atoms with E-state index in [9.17, 15) is 0 Å². The highest BCUT2D eigenvalue weighted by atomic mass is 16.3. The van der Waals surface area contributed by atoms with Crippen molar-refractivity contribution >= 4 is 65.6 Å². The molecule has 0 unspecified atom stereocenters. The van der Waals surface area contributed by atoms with E-state index in [4.69, 9.17) is 4.42 Å². The van der Waals surface area contributed by atoms with Crippen LogP contribution in [0.15, 0.2) is 138 Å². The summed E-state index contributed by atoms with van der Waals surface area (Å²) in [4.78, 5) is 0. The highest BCUT2D eigenvalue weighted by molar-refractivity contribution is 6.12. The summed E-state index contributed by atoms with van der Waals surface area (Å²) in [5.74, 6) is 0. The first-order chi connectivity index (χ1) is 19.3. The maximum Gasteiger partial charge on any atom is 0.137 e. The molecule has 0 saturated carbocycles. The van der Waals surface area contributed by atoms with E-state index in [1.807, 2.05) is 12.1 Å². The summed E-state index contributed by atoms with van der Waals surface area (Å²) in [6.45, 7) is 0. The molecule has 3 heteroatoms. The molecule has 0 fully saturated rings. The van der Waals surface area contributed by atoms with Crippen LogP contribution in [0.25, 0.3) is 76.9 Å². The first-order valence-corrected chi connectivity index (χ1v) is 13.3. The largest absolute Gasteiger partial charge is 0.456 e. The molecule has 0 bridgehead atoms. The van der Waals surface area contributed by atoms with Gasteiger partial charge in [-0.15, -0.1) is 0 Å². The fourth-order valence-corrected chi connectivity index (χ4v) is 6.43. The Balaban J connectivity index is 1.33. The van der Waals surface area contributed by atoms with Gasteiger partial charge in [0.1, 0.15) is 11.2 Å². The predicted octanol–water partition coefficient (Wildman–Crippen LogP) is 9.78. The van der Waals surface area contributed by atoms with E-state index in [1.165, 1.54) is 43.6 Å². The van der Waals surface area contributed by atoms with Crippen LogP contribution >= 0.6 is 0 Å². The van der Waals surface area contributed by atoms with Crippen molar-refractivity contribution < 1.29 is 4.42 Å². The van der Waals surface area contributed by atoms with E-state index >= 15 is 0 Å². The van der Waals surface area contributed by atoms with Crippen LogP contribution in [-0.4, -0.2) is 9.13 Å². The van der Waals surface area contributed by atoms with Crippen molar-refractivity contribution in [3.05, 3.63) is 133 Å². The van der Waals surface area contributed by atoms with Gasteiger partial charge in [-0.2, -0.15) is 0 Å². The zero-order chi connectivity index (χ0) is 25.5. The molecule has 3 aromatic heterocycles. The molecule has 0 aliphatic rings. The summed E-state index contributed by atoms with van der Waals surface area (Å²) in [5.41, 5.74) is 8.88. The number of hydrogen-bond donors (Lipinski definition) is 0. The third kappa shape index (κ3) is 2.82. The van der Waals surface area contributed by atoms with Crippen LogP contribution in [0, 0.1) is 0 Å². The number of para-hydroxylation sites is 4. The second-order valence-corrected chi connectivity index (χ2v) is 10.2. The second kappa shape index (κ2) is 7.62. The molecule has 0 amide bonds. The molecule has 0 spiro atoms. The molecule has 0 aliphatic carbocycles. The van der Waals surface area contributed by atoms with Crippen molar-refractivity contribution in [2.45, 2.75) is 0 Å². The van der Waals surface area contributed by atoms with Gasteiger partial charge in [0.25, 0.3) is 0 Å². The average molecular weight is 499 g/mol. The zero-order valence-electron chi connectivity index (χ0n) is 21.0. The summed E-state index contributed by atoms with van der Waals surface area (Å²) in [7, 11) is 0. The lowest BCUT2D eigenvalue weighted by molar-refractivity contribution is 0.668. The summed E-state index contributed by atoms with van der Waals surface area (Å²) >= 11 is 0. The summed E-state index contributed by atoms with van der Waals surface area (Å²) in [6, 6.07) is 47.7. The second-order valence-electron chi connectivity index (χ2n) is 10.2. The smallest absolute Gasteiger partial charge is 0.137 e. The molecule has 0 atom stereocenters. The number of fused-ring (bicyclic) bond motifs is 9. The molecule has 0 radical (unpaired) electrons. The van der Waals surface area contributed by atoms with Crippen molar-refractivity contribution in [2.75, 3.05) is 0 Å². The Hall–Kier alpha value is -5.28. The van der Waals surface area contributed by atoms with Gasteiger partial charge in [-0.1, -0.05) is 72.8 Å². The van der Waals surface area contributed by atoms with Crippen molar-refractivity contribution in [1.82, 2.24) is 9.13 Å². The Morgan fingerprint density at radius 2 is 0.795 bits per heavy atom. The number of hydrogen-bond acceptors (Lipinski definition) is 1. The standard InChI is InChI=1S/C36H22N2O/c1-5-13-31-25(9-1)26-10-2-6-14-32(26)37(31)23-18-20-34-30(21-23)27-11-3-7-15-33(27)38(34)24-17-19-29-28-12-4-8-16-35(28)39-36(29)22-24/h1-22H. The number of furan rings is 1. The number of benzene rings is 6. The average Bonchev–Trinajstić information content (AvgIpc) is 3.64. The van der Waals surface area contributed by atoms with Crippen LogP contribution in [0.3, 0.4) is 0 Å². The van der Waals surface area contributed by atoms with Crippen LogP contribution in [0.1, 0.15) is 0 Å². The molecule has 0 aliphatic heterocycles. The van der Waals surface area contributed by atoms with E-state index in [2.05, 4.69) is 130 Å². The molecule has 9 rings (SSSR count). The SMILES string of the molecule is c1ccc2c(c1)oc1cc(-n3c4ccccc4c4cc(-n5c6ccccc6c6ccccc65)ccc43)ccc12. The lowest BCUT2D eigenvalue weighted by Crippen LogP contribution is -1.95. The van der Waals surface area contributed by atoms with E-state index in [0.29, 0.717) is 0 Å². The molecule has 39 heavy (non-hydrogen) atoms. The fourth-order valence-electron chi connectivity index (χ4n) is 6.43. The third-order valence-corrected chi connectivity index (χ3v) is 8.11. The van der Waals surface area contributed by atoms with Gasteiger partial charge in [0.05, 0.1) is 22.1 Å². The highest BCUT2D eigenvalue weighted by Gasteiger charge is 2.17. The predicted molar refractivity (Wildman–Crippen MR) is 162 cm³/mol. The van der Waals surface area contributed by atoms with Crippen molar-refractivity contribution in [3.63, 3.8) is 0 Å². The summed E-state index contributed by atoms with van der Waals surface area (Å²) in [5, 5.41) is 7.31. The fraction of sp³-hybridized carbons (Fsp3) is 0. The first-order valence-electron chi connectivity index (χ1n) is 13.3. The maximum absolute atomic E-state index is 6.25. The minimum atomic E-state index is 0.904. The van der Waals surface area contributed by atoms with Gasteiger partial charge in [-0.05, 0) is 54.6 Å². The van der Waals surface area contributed by atoms with Gasteiger partial charge < -0.3 is 13.6 Å². The van der Waals surface area contributed by atoms with Gasteiger partial charge in [0, 0.05) is 49.8 Å². The number of rotatable bonds is 2. The molecule has 9 aromatic rings. The maximum atomic E-state index is 6.25. The minimum absolute atomic E-state index is 0.904. The zero-order valence-corrected chi connectivity index (χ0v) is 21.0. The van der Waals surface area contributed by atoms with Crippen LogP contribution in [0.2, 0.25) is 0 Å². The Labute approximate surface area is 223 Å². The molecule has 0 saturated heterocycles. The summed E-state index contributed by atoms with van der Waals surface area (Å²) in [6.07, 6.45) is 0. The Bertz CT molecular complexity index is 2350. The Kier molecular flexibility index (Phi) is 4.05. The monoisotopic (exact) mass is 498 g/mol. The topological polar surface area (TPSA) is 23.0 Å². The Morgan fingerprint density at radius 3 is 1.46 bits per heavy atom. The lowest BCUT2D eigenvalue weighted by Gasteiger charge is -2.10. The van der Waals surface area contributed by atoms with Gasteiger partial charge in [-0.3, -0.25) is 0 Å².